The van der Waals surface area contributed by atoms with Crippen molar-refractivity contribution in [1.82, 2.24) is 20.2 Å². The van der Waals surface area contributed by atoms with Gasteiger partial charge in [-0.05, 0) is 43.2 Å². The summed E-state index contributed by atoms with van der Waals surface area (Å²) in [6.45, 7) is 1.02. The Morgan fingerprint density at radius 3 is 2.75 bits per heavy atom. The normalized spacial score (nSPS) is 15.0. The third kappa shape index (κ3) is 3.57. The lowest BCUT2D eigenvalue weighted by Gasteiger charge is -2.32. The number of H-pyrrole nitrogens is 1. The molecular weight excluding hydrogens is 383 g/mol. The van der Waals surface area contributed by atoms with E-state index in [9.17, 15) is 14.0 Å². The van der Waals surface area contributed by atoms with Crippen LogP contribution >= 0.6 is 11.6 Å². The summed E-state index contributed by atoms with van der Waals surface area (Å²) < 4.78 is 13.9. The summed E-state index contributed by atoms with van der Waals surface area (Å²) in [7, 11) is 0. The highest BCUT2D eigenvalue weighted by Crippen LogP contribution is 2.21. The monoisotopic (exact) mass is 400 g/mol. The number of carbonyl (C=O) groups is 2. The van der Waals surface area contributed by atoms with Crippen LogP contribution in [0.25, 0.3) is 11.0 Å². The van der Waals surface area contributed by atoms with Gasteiger partial charge in [0.1, 0.15) is 5.82 Å². The third-order valence-electron chi connectivity index (χ3n) is 4.97. The zero-order valence-corrected chi connectivity index (χ0v) is 15.7. The first kappa shape index (κ1) is 18.4. The minimum atomic E-state index is -0.646. The summed E-state index contributed by atoms with van der Waals surface area (Å²) in [4.78, 5) is 34.0. The van der Waals surface area contributed by atoms with Crippen LogP contribution in [0, 0.1) is 5.82 Å². The summed E-state index contributed by atoms with van der Waals surface area (Å²) in [5, 5.41) is 2.90. The Bertz CT molecular complexity index is 1020. The zero-order valence-electron chi connectivity index (χ0n) is 14.9. The van der Waals surface area contributed by atoms with Gasteiger partial charge in [-0.2, -0.15) is 0 Å². The number of nitrogens with one attached hydrogen (secondary N) is 2. The quantitative estimate of drug-likeness (QED) is 0.707. The van der Waals surface area contributed by atoms with Crippen LogP contribution in [0.2, 0.25) is 5.02 Å². The second-order valence-corrected chi connectivity index (χ2v) is 7.18. The molecule has 0 bridgehead atoms. The molecule has 2 amide bonds. The molecule has 6 nitrogen and oxygen atoms in total. The van der Waals surface area contributed by atoms with E-state index in [0.717, 1.165) is 11.0 Å². The Balaban J connectivity index is 1.37. The molecular formula is C20H18ClFN4O2. The highest BCUT2D eigenvalue weighted by Gasteiger charge is 2.26. The predicted molar refractivity (Wildman–Crippen MR) is 104 cm³/mol. The first-order chi connectivity index (χ1) is 13.5. The van der Waals surface area contributed by atoms with E-state index in [-0.39, 0.29) is 22.5 Å². The summed E-state index contributed by atoms with van der Waals surface area (Å²) in [5.74, 6) is -1.23. The number of likely N-dealkylation sites (tertiary alicyclic amines) is 1. The van der Waals surface area contributed by atoms with Crippen molar-refractivity contribution < 1.29 is 14.0 Å². The SMILES string of the molecule is O=C(NC1CCN(C(=O)c2ccc3nc[nH]c3c2)CC1)c1c(F)cccc1Cl. The number of rotatable bonds is 3. The molecule has 0 atom stereocenters. The molecule has 0 spiro atoms. The molecule has 1 aliphatic rings. The van der Waals surface area contributed by atoms with Gasteiger partial charge in [-0.1, -0.05) is 17.7 Å². The molecule has 8 heteroatoms. The highest BCUT2D eigenvalue weighted by molar-refractivity contribution is 6.33. The Hall–Kier alpha value is -2.93. The molecule has 1 saturated heterocycles. The van der Waals surface area contributed by atoms with Crippen molar-refractivity contribution in [3.63, 3.8) is 0 Å². The number of benzene rings is 2. The molecule has 28 heavy (non-hydrogen) atoms. The lowest BCUT2D eigenvalue weighted by Crippen LogP contribution is -2.46. The van der Waals surface area contributed by atoms with Crippen LogP contribution in [0.1, 0.15) is 33.6 Å². The molecule has 0 radical (unpaired) electrons. The largest absolute Gasteiger partial charge is 0.349 e. The second-order valence-electron chi connectivity index (χ2n) is 6.77. The summed E-state index contributed by atoms with van der Waals surface area (Å²) in [6.07, 6.45) is 2.78. The number of aromatic amines is 1. The van der Waals surface area contributed by atoms with E-state index in [4.69, 9.17) is 11.6 Å². The predicted octanol–water partition coefficient (Wildman–Crippen LogP) is 3.39. The molecule has 1 aromatic heterocycles. The van der Waals surface area contributed by atoms with Crippen LogP contribution in [0.15, 0.2) is 42.7 Å². The Morgan fingerprint density at radius 2 is 2.00 bits per heavy atom. The fraction of sp³-hybridized carbons (Fsp3) is 0.250. The minimum absolute atomic E-state index is 0.0570. The molecule has 1 fully saturated rings. The van der Waals surface area contributed by atoms with Gasteiger partial charge in [-0.25, -0.2) is 9.37 Å². The van der Waals surface area contributed by atoms with Gasteiger partial charge in [0.2, 0.25) is 0 Å². The average molecular weight is 401 g/mol. The fourth-order valence-electron chi connectivity index (χ4n) is 3.45. The molecule has 144 valence electrons. The number of fused-ring (bicyclic) bond motifs is 1. The molecule has 4 rings (SSSR count). The van der Waals surface area contributed by atoms with E-state index in [0.29, 0.717) is 31.5 Å². The van der Waals surface area contributed by atoms with Gasteiger partial charge in [0, 0.05) is 24.7 Å². The first-order valence-electron chi connectivity index (χ1n) is 9.00. The number of imidazole rings is 1. The standard InChI is InChI=1S/C20H18ClFN4O2/c21-14-2-1-3-15(22)18(14)19(27)25-13-6-8-26(9-7-13)20(28)12-4-5-16-17(10-12)24-11-23-16/h1-5,10-11,13H,6-9H2,(H,23,24)(H,25,27). The smallest absolute Gasteiger partial charge is 0.255 e. The maximum Gasteiger partial charge on any atom is 0.255 e. The molecule has 3 aromatic rings. The van der Waals surface area contributed by atoms with Crippen molar-refractivity contribution in [3.8, 4) is 0 Å². The van der Waals surface area contributed by atoms with Crippen LogP contribution < -0.4 is 5.32 Å². The average Bonchev–Trinajstić information content (AvgIpc) is 3.15. The van der Waals surface area contributed by atoms with E-state index in [2.05, 4.69) is 15.3 Å². The molecule has 1 aliphatic heterocycles. The van der Waals surface area contributed by atoms with Crippen molar-refractivity contribution in [1.29, 1.82) is 0 Å². The molecule has 0 unspecified atom stereocenters. The summed E-state index contributed by atoms with van der Waals surface area (Å²) in [6, 6.07) is 9.37. The summed E-state index contributed by atoms with van der Waals surface area (Å²) in [5.41, 5.74) is 2.08. The van der Waals surface area contributed by atoms with Crippen LogP contribution in [0.3, 0.4) is 0 Å². The molecule has 0 aliphatic carbocycles. The van der Waals surface area contributed by atoms with Gasteiger partial charge >= 0.3 is 0 Å². The maximum absolute atomic E-state index is 13.9. The second kappa shape index (κ2) is 7.59. The van der Waals surface area contributed by atoms with Gasteiger partial charge < -0.3 is 15.2 Å². The number of halogens is 2. The third-order valence-corrected chi connectivity index (χ3v) is 5.29. The van der Waals surface area contributed by atoms with Gasteiger partial charge in [0.15, 0.2) is 0 Å². The van der Waals surface area contributed by atoms with Crippen molar-refractivity contribution in [2.24, 2.45) is 0 Å². The molecule has 0 saturated carbocycles. The number of nitrogens with zero attached hydrogens (tertiary/aromatic N) is 2. The maximum atomic E-state index is 13.9. The van der Waals surface area contributed by atoms with Crippen LogP contribution in [0.4, 0.5) is 4.39 Å². The highest BCUT2D eigenvalue weighted by atomic mass is 35.5. The number of aromatic nitrogens is 2. The van der Waals surface area contributed by atoms with Gasteiger partial charge in [0.25, 0.3) is 11.8 Å². The first-order valence-corrected chi connectivity index (χ1v) is 9.38. The van der Waals surface area contributed by atoms with Gasteiger partial charge in [-0.15, -0.1) is 0 Å². The van der Waals surface area contributed by atoms with Crippen molar-refractivity contribution in [2.75, 3.05) is 13.1 Å². The number of hydrogen-bond acceptors (Lipinski definition) is 3. The number of piperidine rings is 1. The van der Waals surface area contributed by atoms with Crippen LogP contribution in [-0.2, 0) is 0 Å². The number of amides is 2. The van der Waals surface area contributed by atoms with E-state index in [1.54, 1.807) is 23.4 Å². The molecule has 2 N–H and O–H groups in total. The minimum Gasteiger partial charge on any atom is -0.349 e. The summed E-state index contributed by atoms with van der Waals surface area (Å²) >= 11 is 5.95. The van der Waals surface area contributed by atoms with E-state index < -0.39 is 11.7 Å². The van der Waals surface area contributed by atoms with Crippen LogP contribution in [-0.4, -0.2) is 45.8 Å². The topological polar surface area (TPSA) is 78.1 Å². The molecule has 2 heterocycles. The Kier molecular flexibility index (Phi) is 5.00. The lowest BCUT2D eigenvalue weighted by molar-refractivity contribution is 0.0698. The van der Waals surface area contributed by atoms with Gasteiger partial charge in [0.05, 0.1) is 27.9 Å². The van der Waals surface area contributed by atoms with Crippen molar-refractivity contribution in [3.05, 3.63) is 64.7 Å². The number of carbonyl (C=O) groups excluding carboxylic acids is 2. The lowest BCUT2D eigenvalue weighted by atomic mass is 10.0. The van der Waals surface area contributed by atoms with E-state index >= 15 is 0 Å². The fourth-order valence-corrected chi connectivity index (χ4v) is 3.70. The van der Waals surface area contributed by atoms with E-state index in [1.807, 2.05) is 6.07 Å². The van der Waals surface area contributed by atoms with Gasteiger partial charge in [-0.3, -0.25) is 9.59 Å². The van der Waals surface area contributed by atoms with Crippen LogP contribution in [0.5, 0.6) is 0 Å². The van der Waals surface area contributed by atoms with Crippen molar-refractivity contribution in [2.45, 2.75) is 18.9 Å². The Morgan fingerprint density at radius 1 is 1.21 bits per heavy atom. The molecule has 2 aromatic carbocycles. The van der Waals surface area contributed by atoms with E-state index in [1.165, 1.54) is 18.2 Å². The Labute approximate surface area is 165 Å². The zero-order chi connectivity index (χ0) is 19.7. The van der Waals surface area contributed by atoms with Crippen molar-refractivity contribution >= 4 is 34.4 Å². The number of hydrogen-bond donors (Lipinski definition) is 2.